The van der Waals surface area contributed by atoms with E-state index in [1.54, 1.807) is 0 Å². The van der Waals surface area contributed by atoms with Crippen LogP contribution >= 0.6 is 12.6 Å². The number of hydrogen-bond donors (Lipinski definition) is 2. The second-order valence-corrected chi connectivity index (χ2v) is 9.38. The minimum Gasteiger partial charge on any atom is -0.392 e. The Kier molecular flexibility index (Phi) is 3.77. The van der Waals surface area contributed by atoms with Crippen molar-refractivity contribution in [2.75, 3.05) is 5.75 Å². The maximum absolute atomic E-state index is 11.9. The van der Waals surface area contributed by atoms with Crippen LogP contribution in [0.5, 0.6) is 0 Å². The lowest BCUT2D eigenvalue weighted by atomic mass is 9.47. The first kappa shape index (κ1) is 16.2. The van der Waals surface area contributed by atoms with E-state index in [0.29, 0.717) is 35.9 Å². The van der Waals surface area contributed by atoms with Crippen LogP contribution in [0.25, 0.3) is 0 Å². The summed E-state index contributed by atoms with van der Waals surface area (Å²) in [5.41, 5.74) is 1.68. The van der Waals surface area contributed by atoms with E-state index in [-0.39, 0.29) is 16.9 Å². The van der Waals surface area contributed by atoms with Crippen molar-refractivity contribution in [1.29, 1.82) is 0 Å². The molecule has 0 radical (unpaired) electrons. The summed E-state index contributed by atoms with van der Waals surface area (Å²) in [5.74, 6) is 3.67. The van der Waals surface area contributed by atoms with Crippen molar-refractivity contribution in [3.05, 3.63) is 11.6 Å². The molecule has 0 bridgehead atoms. The summed E-state index contributed by atoms with van der Waals surface area (Å²) < 4.78 is 0. The van der Waals surface area contributed by atoms with Gasteiger partial charge in [-0.05, 0) is 79.4 Å². The number of allylic oxidation sites excluding steroid dienone is 1. The molecule has 0 aromatic carbocycles. The Balaban J connectivity index is 1.71. The Labute approximate surface area is 145 Å². The van der Waals surface area contributed by atoms with Crippen molar-refractivity contribution in [2.24, 2.45) is 34.5 Å². The van der Waals surface area contributed by atoms with Crippen LogP contribution in [-0.4, -0.2) is 22.7 Å². The number of carbonyl (C=O) groups excluding carboxylic acids is 1. The summed E-state index contributed by atoms with van der Waals surface area (Å²) >= 11 is 4.77. The molecule has 0 spiro atoms. The molecule has 7 atom stereocenters. The molecule has 3 fully saturated rings. The first-order valence-electron chi connectivity index (χ1n) is 9.45. The third kappa shape index (κ3) is 2.08. The van der Waals surface area contributed by atoms with E-state index in [4.69, 9.17) is 12.6 Å². The van der Waals surface area contributed by atoms with Gasteiger partial charge in [0.25, 0.3) is 0 Å². The van der Waals surface area contributed by atoms with Crippen molar-refractivity contribution >= 4 is 18.4 Å². The zero-order valence-electron chi connectivity index (χ0n) is 14.4. The maximum Gasteiger partial charge on any atom is 0.155 e. The average molecular weight is 335 g/mol. The van der Waals surface area contributed by atoms with Gasteiger partial charge in [-0.3, -0.25) is 4.79 Å². The number of aliphatic hydroxyl groups excluding tert-OH is 1. The molecular formula is C20H30O2S. The molecule has 23 heavy (non-hydrogen) atoms. The van der Waals surface area contributed by atoms with E-state index in [2.05, 4.69) is 13.8 Å². The fourth-order valence-corrected chi connectivity index (χ4v) is 7.59. The second-order valence-electron chi connectivity index (χ2n) is 9.07. The fourth-order valence-electron chi connectivity index (χ4n) is 7.00. The van der Waals surface area contributed by atoms with Crippen LogP contribution in [0.3, 0.4) is 0 Å². The van der Waals surface area contributed by atoms with Crippen LogP contribution in [0.1, 0.15) is 58.8 Å². The highest BCUT2D eigenvalue weighted by Crippen LogP contribution is 2.66. The lowest BCUT2D eigenvalue weighted by Crippen LogP contribution is -2.53. The number of aliphatic hydroxyl groups is 1. The van der Waals surface area contributed by atoms with Crippen LogP contribution in [-0.2, 0) is 4.79 Å². The van der Waals surface area contributed by atoms with E-state index in [9.17, 15) is 9.90 Å². The molecule has 4 aliphatic carbocycles. The van der Waals surface area contributed by atoms with E-state index in [1.165, 1.54) is 24.8 Å². The Morgan fingerprint density at radius 2 is 2.04 bits per heavy atom. The van der Waals surface area contributed by atoms with Crippen LogP contribution in [0, 0.1) is 34.5 Å². The maximum atomic E-state index is 11.9. The topological polar surface area (TPSA) is 37.3 Å². The van der Waals surface area contributed by atoms with Crippen molar-refractivity contribution < 1.29 is 9.90 Å². The van der Waals surface area contributed by atoms with Gasteiger partial charge >= 0.3 is 0 Å². The molecule has 3 heteroatoms. The lowest BCUT2D eigenvalue weighted by Gasteiger charge is -2.58. The van der Waals surface area contributed by atoms with Crippen LogP contribution in [0.15, 0.2) is 11.6 Å². The number of hydrogen-bond acceptors (Lipinski definition) is 3. The summed E-state index contributed by atoms with van der Waals surface area (Å²) in [6, 6.07) is 0. The Hall–Kier alpha value is -0.280. The summed E-state index contributed by atoms with van der Waals surface area (Å²) in [5, 5.41) is 10.8. The molecule has 0 aliphatic heterocycles. The summed E-state index contributed by atoms with van der Waals surface area (Å²) in [4.78, 5) is 11.9. The van der Waals surface area contributed by atoms with Gasteiger partial charge in [-0.1, -0.05) is 19.4 Å². The highest BCUT2D eigenvalue weighted by molar-refractivity contribution is 7.80. The van der Waals surface area contributed by atoms with Crippen molar-refractivity contribution in [1.82, 2.24) is 0 Å². The molecule has 2 nitrogen and oxygen atoms in total. The quantitative estimate of drug-likeness (QED) is 0.710. The van der Waals surface area contributed by atoms with Crippen molar-refractivity contribution in [3.63, 3.8) is 0 Å². The number of rotatable bonds is 1. The highest BCUT2D eigenvalue weighted by Gasteiger charge is 2.61. The van der Waals surface area contributed by atoms with Gasteiger partial charge in [-0.15, -0.1) is 0 Å². The number of thiol groups is 1. The molecular weight excluding hydrogens is 304 g/mol. The summed E-state index contributed by atoms with van der Waals surface area (Å²) in [6.45, 7) is 4.57. The van der Waals surface area contributed by atoms with Crippen molar-refractivity contribution in [3.8, 4) is 0 Å². The highest BCUT2D eigenvalue weighted by atomic mass is 32.1. The van der Waals surface area contributed by atoms with Gasteiger partial charge in [0, 0.05) is 11.8 Å². The molecule has 0 saturated heterocycles. The third-order valence-electron chi connectivity index (χ3n) is 8.25. The largest absolute Gasteiger partial charge is 0.392 e. The molecule has 3 saturated carbocycles. The molecule has 4 aliphatic rings. The average Bonchev–Trinajstić information content (AvgIpc) is 2.78. The van der Waals surface area contributed by atoms with E-state index >= 15 is 0 Å². The summed E-state index contributed by atoms with van der Waals surface area (Å²) in [6.07, 6.45) is 9.34. The number of fused-ring (bicyclic) bond motifs is 5. The molecule has 4 rings (SSSR count). The molecule has 128 valence electrons. The lowest BCUT2D eigenvalue weighted by molar-refractivity contribution is -0.117. The SMILES string of the molecule is CC1C[C@H]2[C@@H]3CCC4=CC(=O)CC[C@]4(CS)[C@H]3CC[C@]2(C)[C@H]1O. The van der Waals surface area contributed by atoms with Gasteiger partial charge in [-0.2, -0.15) is 12.6 Å². The second kappa shape index (κ2) is 5.36. The van der Waals surface area contributed by atoms with Crippen LogP contribution in [0.4, 0.5) is 0 Å². The smallest absolute Gasteiger partial charge is 0.155 e. The first-order chi connectivity index (χ1) is 10.9. The van der Waals surface area contributed by atoms with Gasteiger partial charge < -0.3 is 5.11 Å². The van der Waals surface area contributed by atoms with Gasteiger partial charge in [0.2, 0.25) is 0 Å². The number of carbonyl (C=O) groups is 1. The van der Waals surface area contributed by atoms with E-state index < -0.39 is 0 Å². The minimum atomic E-state index is -0.134. The Morgan fingerprint density at radius 3 is 2.78 bits per heavy atom. The van der Waals surface area contributed by atoms with E-state index in [1.807, 2.05) is 6.08 Å². The van der Waals surface area contributed by atoms with Gasteiger partial charge in [-0.25, -0.2) is 0 Å². The zero-order chi connectivity index (χ0) is 16.4. The van der Waals surface area contributed by atoms with Gasteiger partial charge in [0.1, 0.15) is 0 Å². The molecule has 0 amide bonds. The van der Waals surface area contributed by atoms with Crippen molar-refractivity contribution in [2.45, 2.75) is 64.9 Å². The summed E-state index contributed by atoms with van der Waals surface area (Å²) in [7, 11) is 0. The third-order valence-corrected chi connectivity index (χ3v) is 8.81. The van der Waals surface area contributed by atoms with Crippen LogP contribution < -0.4 is 0 Å². The Bertz CT molecular complexity index is 556. The standard InChI is InChI=1S/C20H30O2S/c1-12-9-17-15-4-3-13-10-14(21)5-8-20(13,11-23)16(15)6-7-19(17,2)18(12)22/h10,12,15-18,22-23H,3-9,11H2,1-2H3/t12?,15-,16+,17+,18+,19+,20-/m1/s1. The Morgan fingerprint density at radius 1 is 1.26 bits per heavy atom. The normalized spacial score (nSPS) is 52.4. The van der Waals surface area contributed by atoms with Crippen LogP contribution in [0.2, 0.25) is 0 Å². The predicted molar refractivity (Wildman–Crippen MR) is 95.4 cm³/mol. The number of ketones is 1. The molecule has 1 unspecified atom stereocenters. The fraction of sp³-hybridized carbons (Fsp3) is 0.850. The predicted octanol–water partition coefficient (Wildman–Crippen LogP) is 4.04. The van der Waals surface area contributed by atoms with E-state index in [0.717, 1.165) is 25.0 Å². The van der Waals surface area contributed by atoms with Gasteiger partial charge in [0.15, 0.2) is 5.78 Å². The molecule has 0 heterocycles. The molecule has 1 N–H and O–H groups in total. The molecule has 0 aromatic rings. The first-order valence-corrected chi connectivity index (χ1v) is 10.1. The monoisotopic (exact) mass is 334 g/mol. The minimum absolute atomic E-state index is 0.115. The zero-order valence-corrected chi connectivity index (χ0v) is 15.3. The molecule has 0 aromatic heterocycles. The van der Waals surface area contributed by atoms with Gasteiger partial charge in [0.05, 0.1) is 6.10 Å².